The highest BCUT2D eigenvalue weighted by atomic mass is 16.6. The molecule has 142 valence electrons. The molecule has 1 atom stereocenters. The molecule has 7 heteroatoms. The Morgan fingerprint density at radius 1 is 1.35 bits per heavy atom. The van der Waals surface area contributed by atoms with Crippen LogP contribution in [-0.2, 0) is 11.3 Å². The van der Waals surface area contributed by atoms with Crippen molar-refractivity contribution in [2.24, 2.45) is 23.2 Å². The van der Waals surface area contributed by atoms with Crippen LogP contribution in [0.25, 0.3) is 0 Å². The van der Waals surface area contributed by atoms with Crippen LogP contribution in [0, 0.1) is 40.2 Å². The highest BCUT2D eigenvalue weighted by Crippen LogP contribution is 2.61. The van der Waals surface area contributed by atoms with Gasteiger partial charge < -0.3 is 15.4 Å². The van der Waals surface area contributed by atoms with E-state index in [-0.39, 0.29) is 29.7 Å². The fourth-order valence-corrected chi connectivity index (χ4v) is 6.46. The van der Waals surface area contributed by atoms with Crippen LogP contribution in [0.4, 0.5) is 5.82 Å². The SMILES string of the molecule is CCC(NC(=O)Cn1nc(C)cc1[N+](=O)[O-])C12CC3CC(CC(C3)C1)C2. The van der Waals surface area contributed by atoms with Crippen LogP contribution in [0.3, 0.4) is 0 Å². The molecule has 4 aliphatic carbocycles. The summed E-state index contributed by atoms with van der Waals surface area (Å²) in [5.41, 5.74) is 0.795. The second kappa shape index (κ2) is 6.35. The molecular formula is C19H28N4O3. The summed E-state index contributed by atoms with van der Waals surface area (Å²) in [6.07, 6.45) is 8.75. The van der Waals surface area contributed by atoms with E-state index in [0.29, 0.717) is 5.69 Å². The fraction of sp³-hybridized carbons (Fsp3) is 0.789. The van der Waals surface area contributed by atoms with Gasteiger partial charge >= 0.3 is 5.82 Å². The zero-order valence-electron chi connectivity index (χ0n) is 15.6. The first-order chi connectivity index (χ1) is 12.4. The van der Waals surface area contributed by atoms with Gasteiger partial charge in [-0.3, -0.25) is 4.79 Å². The van der Waals surface area contributed by atoms with Crippen molar-refractivity contribution >= 4 is 11.7 Å². The maximum absolute atomic E-state index is 12.7. The molecule has 4 fully saturated rings. The van der Waals surface area contributed by atoms with Crippen molar-refractivity contribution in [3.05, 3.63) is 21.9 Å². The lowest BCUT2D eigenvalue weighted by atomic mass is 9.47. The highest BCUT2D eigenvalue weighted by molar-refractivity contribution is 5.76. The molecule has 0 spiro atoms. The third-order valence-corrected chi connectivity index (χ3v) is 6.93. The maximum atomic E-state index is 12.7. The second-order valence-corrected chi connectivity index (χ2v) is 8.87. The lowest BCUT2D eigenvalue weighted by molar-refractivity contribution is -0.392. The Bertz CT molecular complexity index is 691. The van der Waals surface area contributed by atoms with Gasteiger partial charge in [-0.15, -0.1) is 4.68 Å². The molecule has 0 radical (unpaired) electrons. The smallest absolute Gasteiger partial charge is 0.345 e. The standard InChI is InChI=1S/C19H28N4O3/c1-3-16(19-8-13-5-14(9-19)7-15(6-13)10-19)20-17(24)11-22-18(23(25)26)4-12(2)21-22/h4,13-16H,3,5-11H2,1-2H3,(H,20,24). The van der Waals surface area contributed by atoms with Crippen LogP contribution in [0.5, 0.6) is 0 Å². The zero-order valence-corrected chi connectivity index (χ0v) is 15.6. The molecule has 4 bridgehead atoms. The zero-order chi connectivity index (χ0) is 18.5. The number of aromatic nitrogens is 2. The van der Waals surface area contributed by atoms with Gasteiger partial charge in [0, 0.05) is 6.04 Å². The van der Waals surface area contributed by atoms with Gasteiger partial charge in [-0.25, -0.2) is 0 Å². The van der Waals surface area contributed by atoms with Gasteiger partial charge in [-0.2, -0.15) is 0 Å². The minimum Gasteiger partial charge on any atom is -0.358 e. The number of hydrogen-bond acceptors (Lipinski definition) is 4. The monoisotopic (exact) mass is 360 g/mol. The van der Waals surface area contributed by atoms with Gasteiger partial charge in [0.1, 0.15) is 0 Å². The van der Waals surface area contributed by atoms with Crippen molar-refractivity contribution in [3.8, 4) is 0 Å². The van der Waals surface area contributed by atoms with E-state index in [0.717, 1.165) is 24.2 Å². The average molecular weight is 360 g/mol. The number of hydrogen-bond donors (Lipinski definition) is 1. The lowest BCUT2D eigenvalue weighted by Gasteiger charge is -2.59. The van der Waals surface area contributed by atoms with Crippen molar-refractivity contribution in [2.45, 2.75) is 71.4 Å². The van der Waals surface area contributed by atoms with Gasteiger partial charge in [0.15, 0.2) is 6.54 Å². The molecule has 5 rings (SSSR count). The summed E-state index contributed by atoms with van der Waals surface area (Å²) in [7, 11) is 0. The van der Waals surface area contributed by atoms with Gasteiger partial charge in [-0.1, -0.05) is 12.0 Å². The molecule has 0 saturated heterocycles. The lowest BCUT2D eigenvalue weighted by Crippen LogP contribution is -2.57. The summed E-state index contributed by atoms with van der Waals surface area (Å²) in [6.45, 7) is 3.75. The van der Waals surface area contributed by atoms with Gasteiger partial charge in [0.2, 0.25) is 0 Å². The van der Waals surface area contributed by atoms with Crippen molar-refractivity contribution in [2.75, 3.05) is 0 Å². The molecule has 1 heterocycles. The third-order valence-electron chi connectivity index (χ3n) is 6.93. The molecule has 1 aromatic rings. The van der Waals surface area contributed by atoms with Crippen molar-refractivity contribution < 1.29 is 9.72 Å². The van der Waals surface area contributed by atoms with Gasteiger partial charge in [0.05, 0.1) is 11.8 Å². The molecule has 0 aromatic carbocycles. The van der Waals surface area contributed by atoms with E-state index in [1.807, 2.05) is 0 Å². The molecule has 1 unspecified atom stereocenters. The van der Waals surface area contributed by atoms with Gasteiger partial charge in [-0.05, 0) is 80.0 Å². The Labute approximate surface area is 153 Å². The van der Waals surface area contributed by atoms with E-state index in [2.05, 4.69) is 17.3 Å². The number of amides is 1. The van der Waals surface area contributed by atoms with Crippen LogP contribution < -0.4 is 5.32 Å². The third kappa shape index (κ3) is 3.01. The van der Waals surface area contributed by atoms with E-state index in [9.17, 15) is 14.9 Å². The normalized spacial score (nSPS) is 33.2. The molecule has 0 aliphatic heterocycles. The number of rotatable bonds is 6. The Kier molecular flexibility index (Phi) is 4.28. The first-order valence-electron chi connectivity index (χ1n) is 9.86. The summed E-state index contributed by atoms with van der Waals surface area (Å²) in [6, 6.07) is 1.57. The number of nitro groups is 1. The molecule has 26 heavy (non-hydrogen) atoms. The fourth-order valence-electron chi connectivity index (χ4n) is 6.46. The Morgan fingerprint density at radius 3 is 2.42 bits per heavy atom. The van der Waals surface area contributed by atoms with Crippen molar-refractivity contribution in [1.29, 1.82) is 0 Å². The largest absolute Gasteiger partial charge is 0.358 e. The summed E-state index contributed by atoms with van der Waals surface area (Å²) in [5.74, 6) is 2.21. The Morgan fingerprint density at radius 2 is 1.92 bits per heavy atom. The predicted molar refractivity (Wildman–Crippen MR) is 96.4 cm³/mol. The molecule has 7 nitrogen and oxygen atoms in total. The van der Waals surface area contributed by atoms with Crippen molar-refractivity contribution in [1.82, 2.24) is 15.1 Å². The van der Waals surface area contributed by atoms with E-state index >= 15 is 0 Å². The summed E-state index contributed by atoms with van der Waals surface area (Å²) < 4.78 is 1.21. The number of nitrogens with zero attached hydrogens (tertiary/aromatic N) is 3. The minimum atomic E-state index is -0.482. The maximum Gasteiger partial charge on any atom is 0.345 e. The predicted octanol–water partition coefficient (Wildman–Crippen LogP) is 3.21. The number of aryl methyl sites for hydroxylation is 1. The number of carbonyl (C=O) groups is 1. The molecule has 1 N–H and O–H groups in total. The first-order valence-corrected chi connectivity index (χ1v) is 9.86. The molecule has 1 amide bonds. The Hall–Kier alpha value is -1.92. The molecule has 4 saturated carbocycles. The van der Waals surface area contributed by atoms with E-state index in [4.69, 9.17) is 0 Å². The minimum absolute atomic E-state index is 0.0903. The summed E-state index contributed by atoms with van der Waals surface area (Å²) in [4.78, 5) is 23.3. The topological polar surface area (TPSA) is 90.1 Å². The summed E-state index contributed by atoms with van der Waals surface area (Å²) in [5, 5.41) is 18.5. The van der Waals surface area contributed by atoms with Crippen molar-refractivity contribution in [3.63, 3.8) is 0 Å². The van der Waals surface area contributed by atoms with Gasteiger partial charge in [0.25, 0.3) is 5.91 Å². The molecule has 1 aromatic heterocycles. The van der Waals surface area contributed by atoms with Crippen LogP contribution in [0.2, 0.25) is 0 Å². The van der Waals surface area contributed by atoms with Crippen LogP contribution in [-0.4, -0.2) is 26.7 Å². The van der Waals surface area contributed by atoms with E-state index in [1.165, 1.54) is 49.3 Å². The van der Waals surface area contributed by atoms with Crippen LogP contribution >= 0.6 is 0 Å². The molecular weight excluding hydrogens is 332 g/mol. The van der Waals surface area contributed by atoms with Crippen LogP contribution in [0.1, 0.15) is 57.6 Å². The Balaban J connectivity index is 1.47. The second-order valence-electron chi connectivity index (χ2n) is 8.87. The number of nitrogens with one attached hydrogen (secondary N) is 1. The highest BCUT2D eigenvalue weighted by Gasteiger charge is 2.54. The average Bonchev–Trinajstić information content (AvgIpc) is 2.91. The summed E-state index contributed by atoms with van der Waals surface area (Å²) >= 11 is 0. The quantitative estimate of drug-likeness (QED) is 0.623. The van der Waals surface area contributed by atoms with E-state index < -0.39 is 4.92 Å². The number of carbonyl (C=O) groups excluding carboxylic acids is 1. The first kappa shape index (κ1) is 17.5. The van der Waals surface area contributed by atoms with Crippen LogP contribution in [0.15, 0.2) is 6.07 Å². The molecule has 4 aliphatic rings. The van der Waals surface area contributed by atoms with E-state index in [1.54, 1.807) is 6.92 Å².